The minimum Gasteiger partial charge on any atom is -0.384 e. The number of hydrogen-bond donors (Lipinski definition) is 1. The van der Waals surface area contributed by atoms with Crippen LogP contribution in [0.4, 0.5) is 4.79 Å². The molecule has 0 bridgehead atoms. The molecule has 1 aromatic carbocycles. The van der Waals surface area contributed by atoms with Crippen molar-refractivity contribution in [1.29, 1.82) is 5.41 Å². The van der Waals surface area contributed by atoms with Crippen molar-refractivity contribution in [3.63, 3.8) is 0 Å². The van der Waals surface area contributed by atoms with Crippen molar-refractivity contribution >= 4 is 29.3 Å². The maximum absolute atomic E-state index is 13.7. The summed E-state index contributed by atoms with van der Waals surface area (Å²) >= 11 is 6.33. The van der Waals surface area contributed by atoms with Crippen molar-refractivity contribution < 1.29 is 23.0 Å². The second-order valence-electron chi connectivity index (χ2n) is 10.1. The fourth-order valence-electron chi connectivity index (χ4n) is 4.74. The van der Waals surface area contributed by atoms with Gasteiger partial charge in [-0.05, 0) is 30.5 Å². The number of nitrogens with zero attached hydrogens (tertiary/aromatic N) is 4. The van der Waals surface area contributed by atoms with Crippen molar-refractivity contribution in [2.45, 2.75) is 26.7 Å². The van der Waals surface area contributed by atoms with E-state index < -0.39 is 0 Å². The second kappa shape index (κ2) is 8.80. The highest BCUT2D eigenvalue weighted by Gasteiger charge is 2.66. The topological polar surface area (TPSA) is 62.5 Å². The summed E-state index contributed by atoms with van der Waals surface area (Å²) in [6.07, 6.45) is 1.66. The highest BCUT2D eigenvalue weighted by atomic mass is 35.5. The molecule has 0 saturated carbocycles. The molecular weight excluding hydrogens is 426 g/mol. The van der Waals surface area contributed by atoms with Crippen LogP contribution in [-0.2, 0) is 4.74 Å². The van der Waals surface area contributed by atoms with Gasteiger partial charge in [-0.3, -0.25) is 0 Å². The molecule has 0 aromatic heterocycles. The summed E-state index contributed by atoms with van der Waals surface area (Å²) in [5, 5.41) is 9.92. The fraction of sp³-hybridized carbons (Fsp3) is 0.542. The van der Waals surface area contributed by atoms with Crippen LogP contribution >= 0.6 is 11.6 Å². The molecule has 0 radical (unpaired) electrons. The van der Waals surface area contributed by atoms with E-state index >= 15 is 0 Å². The maximum Gasteiger partial charge on any atom is 0.526 e. The van der Waals surface area contributed by atoms with Gasteiger partial charge >= 0.3 is 23.4 Å². The smallest absolute Gasteiger partial charge is 0.384 e. The molecule has 7 nitrogen and oxygen atoms in total. The standard InChI is InChI=1S/C24H37ClN5O2/c1-17(2)12-14-29(5)20-21(26)30(6,13-9-15-32-7)24(31)28(3,4)23(20)27-22(29)18-10-8-11-19(25)16-18/h8,10-11,16-17,26H,9,12-15H2,1-7H3/q+3. The van der Waals surface area contributed by atoms with Gasteiger partial charge in [0, 0.05) is 18.6 Å². The molecular formula is C24H37ClN5O2+3. The van der Waals surface area contributed by atoms with Gasteiger partial charge in [-0.1, -0.05) is 31.5 Å². The van der Waals surface area contributed by atoms with Crippen LogP contribution in [-0.4, -0.2) is 86.1 Å². The van der Waals surface area contributed by atoms with Crippen LogP contribution in [0, 0.1) is 11.3 Å². The number of rotatable bonds is 8. The number of carbonyl (C=O) groups excluding carboxylic acids is 1. The SMILES string of the molecule is COCCC[N+]1(C)C(=N)C2=C(N=C(c3cccc(Cl)c3)[N+]2(C)CCC(C)C)[N+](C)(C)C1=O. The van der Waals surface area contributed by atoms with E-state index in [1.165, 1.54) is 0 Å². The first-order chi connectivity index (χ1) is 14.9. The number of halogens is 1. The van der Waals surface area contributed by atoms with Crippen molar-refractivity contribution in [2.24, 2.45) is 10.9 Å². The monoisotopic (exact) mass is 462 g/mol. The molecule has 8 heteroatoms. The second-order valence-corrected chi connectivity index (χ2v) is 10.5. The van der Waals surface area contributed by atoms with E-state index in [4.69, 9.17) is 21.3 Å². The zero-order valence-electron chi connectivity index (χ0n) is 20.4. The van der Waals surface area contributed by atoms with Gasteiger partial charge in [0.05, 0.1) is 53.5 Å². The van der Waals surface area contributed by atoms with Gasteiger partial charge in [0.15, 0.2) is 0 Å². The molecule has 3 rings (SSSR count). The first-order valence-corrected chi connectivity index (χ1v) is 11.6. The lowest BCUT2D eigenvalue weighted by molar-refractivity contribution is -0.902. The maximum atomic E-state index is 13.7. The van der Waals surface area contributed by atoms with E-state index in [0.29, 0.717) is 46.7 Å². The van der Waals surface area contributed by atoms with Gasteiger partial charge in [0.2, 0.25) is 5.84 Å². The minimum atomic E-state index is -0.0664. The fourth-order valence-corrected chi connectivity index (χ4v) is 4.93. The average molecular weight is 463 g/mol. The number of amidine groups is 2. The van der Waals surface area contributed by atoms with Crippen LogP contribution in [0.1, 0.15) is 32.3 Å². The van der Waals surface area contributed by atoms with Crippen molar-refractivity contribution in [1.82, 2.24) is 0 Å². The summed E-state index contributed by atoms with van der Waals surface area (Å²) in [5.74, 6) is 2.32. The Labute approximate surface area is 196 Å². The Hall–Kier alpha value is -1.90. The summed E-state index contributed by atoms with van der Waals surface area (Å²) in [6.45, 7) is 6.26. The zero-order chi connectivity index (χ0) is 23.9. The summed E-state index contributed by atoms with van der Waals surface area (Å²) in [5.41, 5.74) is 1.75. The number of hydrogen-bond acceptors (Lipinski definition) is 4. The van der Waals surface area contributed by atoms with E-state index in [2.05, 4.69) is 20.9 Å². The zero-order valence-corrected chi connectivity index (χ0v) is 21.2. The molecule has 174 valence electrons. The summed E-state index contributed by atoms with van der Waals surface area (Å²) in [7, 11) is 9.40. The van der Waals surface area contributed by atoms with E-state index in [-0.39, 0.29) is 15.0 Å². The molecule has 2 aliphatic rings. The Balaban J connectivity index is 2.19. The Morgan fingerprint density at radius 2 is 1.81 bits per heavy atom. The third kappa shape index (κ3) is 3.97. The molecule has 0 saturated heterocycles. The third-order valence-corrected chi connectivity index (χ3v) is 6.96. The van der Waals surface area contributed by atoms with E-state index in [0.717, 1.165) is 30.1 Å². The Bertz CT molecular complexity index is 1000. The molecule has 32 heavy (non-hydrogen) atoms. The van der Waals surface area contributed by atoms with Crippen LogP contribution < -0.4 is 0 Å². The molecule has 2 heterocycles. The van der Waals surface area contributed by atoms with E-state index in [9.17, 15) is 10.2 Å². The van der Waals surface area contributed by atoms with Crippen molar-refractivity contribution in [3.8, 4) is 0 Å². The third-order valence-electron chi connectivity index (χ3n) is 6.72. The van der Waals surface area contributed by atoms with Crippen LogP contribution in [0.15, 0.2) is 40.8 Å². The Kier molecular flexibility index (Phi) is 6.80. The predicted molar refractivity (Wildman–Crippen MR) is 128 cm³/mol. The summed E-state index contributed by atoms with van der Waals surface area (Å²) < 4.78 is 5.55. The minimum absolute atomic E-state index is 0.000774. The number of likely N-dealkylation sites (N-methyl/N-ethyl adjacent to an activating group) is 2. The highest BCUT2D eigenvalue weighted by molar-refractivity contribution is 6.31. The van der Waals surface area contributed by atoms with Crippen LogP contribution in [0.2, 0.25) is 5.02 Å². The molecule has 0 fully saturated rings. The molecule has 2 amide bonds. The first kappa shape index (κ1) is 24.7. The molecule has 2 aliphatic heterocycles. The highest BCUT2D eigenvalue weighted by Crippen LogP contribution is 2.42. The summed E-state index contributed by atoms with van der Waals surface area (Å²) in [4.78, 5) is 18.8. The van der Waals surface area contributed by atoms with Gasteiger partial charge in [0.25, 0.3) is 0 Å². The largest absolute Gasteiger partial charge is 0.526 e. The average Bonchev–Trinajstić information content (AvgIpc) is 3.04. The van der Waals surface area contributed by atoms with Gasteiger partial charge in [-0.15, -0.1) is 4.99 Å². The van der Waals surface area contributed by atoms with Crippen LogP contribution in [0.5, 0.6) is 0 Å². The lowest BCUT2D eigenvalue weighted by atomic mass is 10.1. The first-order valence-electron chi connectivity index (χ1n) is 11.2. The van der Waals surface area contributed by atoms with Gasteiger partial charge in [-0.2, -0.15) is 13.8 Å². The number of carbonyl (C=O) groups is 1. The number of aliphatic imine (C=N–C) groups is 1. The van der Waals surface area contributed by atoms with E-state index in [1.807, 2.05) is 45.4 Å². The lowest BCUT2D eigenvalue weighted by Crippen LogP contribution is -2.70. The summed E-state index contributed by atoms with van der Waals surface area (Å²) in [6, 6.07) is 7.64. The van der Waals surface area contributed by atoms with Gasteiger partial charge in [-0.25, -0.2) is 9.89 Å². The van der Waals surface area contributed by atoms with Gasteiger partial charge in [0.1, 0.15) is 0 Å². The van der Waals surface area contributed by atoms with Crippen molar-refractivity contribution in [2.75, 3.05) is 55.0 Å². The lowest BCUT2D eigenvalue weighted by Gasteiger charge is -2.41. The number of benzene rings is 1. The molecule has 0 aliphatic carbocycles. The predicted octanol–water partition coefficient (Wildman–Crippen LogP) is 4.43. The van der Waals surface area contributed by atoms with Crippen LogP contribution in [0.3, 0.4) is 0 Å². The number of methoxy groups -OCH3 is 1. The van der Waals surface area contributed by atoms with Crippen LogP contribution in [0.25, 0.3) is 0 Å². The normalized spacial score (nSPS) is 27.2. The molecule has 0 spiro atoms. The Morgan fingerprint density at radius 3 is 2.41 bits per heavy atom. The number of amides is 2. The van der Waals surface area contributed by atoms with E-state index in [1.54, 1.807) is 7.11 Å². The molecule has 1 N–H and O–H groups in total. The number of nitrogens with one attached hydrogen (secondary N) is 1. The van der Waals surface area contributed by atoms with Gasteiger partial charge < -0.3 is 4.74 Å². The number of ether oxygens (including phenoxy) is 1. The molecule has 2 atom stereocenters. The molecule has 2 unspecified atom stereocenters. The number of quaternary nitrogens is 3. The quantitative estimate of drug-likeness (QED) is 0.458. The molecule has 1 aromatic rings. The van der Waals surface area contributed by atoms with Crippen molar-refractivity contribution in [3.05, 3.63) is 46.4 Å². The Morgan fingerprint density at radius 1 is 1.12 bits per heavy atom. The number of urea groups is 1.